The van der Waals surface area contributed by atoms with Crippen LogP contribution in [0.2, 0.25) is 10.0 Å². The van der Waals surface area contributed by atoms with E-state index in [0.29, 0.717) is 32.5 Å². The molecule has 0 saturated carbocycles. The molecule has 0 saturated heterocycles. The van der Waals surface area contributed by atoms with Gasteiger partial charge in [0.2, 0.25) is 5.91 Å². The molecule has 3 rings (SSSR count). The van der Waals surface area contributed by atoms with Gasteiger partial charge in [-0.1, -0.05) is 54.0 Å². The molecule has 0 radical (unpaired) electrons. The molecule has 0 bridgehead atoms. The minimum Gasteiger partial charge on any atom is -0.481 e. The summed E-state index contributed by atoms with van der Waals surface area (Å²) in [4.78, 5) is 24.7. The number of nitrogens with one attached hydrogen (secondary N) is 2. The van der Waals surface area contributed by atoms with Gasteiger partial charge in [0, 0.05) is 12.7 Å². The number of benzene rings is 2. The van der Waals surface area contributed by atoms with Crippen LogP contribution in [0.1, 0.15) is 25.2 Å². The highest BCUT2D eigenvalue weighted by Gasteiger charge is 2.17. The Kier molecular flexibility index (Phi) is 9.20. The summed E-state index contributed by atoms with van der Waals surface area (Å²) in [6.07, 6.45) is 0.274. The lowest BCUT2D eigenvalue weighted by molar-refractivity contribution is -0.127. The average Bonchev–Trinajstić information content (AvgIpc) is 3.18. The van der Waals surface area contributed by atoms with Crippen molar-refractivity contribution in [3.8, 4) is 5.75 Å². The molecule has 11 heteroatoms. The second kappa shape index (κ2) is 12.1. The van der Waals surface area contributed by atoms with Crippen LogP contribution in [0.25, 0.3) is 0 Å². The highest BCUT2D eigenvalue weighted by atomic mass is 35.5. The van der Waals surface area contributed by atoms with Crippen LogP contribution in [0.5, 0.6) is 5.75 Å². The van der Waals surface area contributed by atoms with Gasteiger partial charge in [0.05, 0.1) is 22.3 Å². The van der Waals surface area contributed by atoms with Crippen molar-refractivity contribution in [2.45, 2.75) is 38.1 Å². The van der Waals surface area contributed by atoms with Gasteiger partial charge in [-0.2, -0.15) is 0 Å². The number of rotatable bonds is 10. The molecule has 1 atom stereocenters. The molecule has 1 heterocycles. The van der Waals surface area contributed by atoms with E-state index in [2.05, 4.69) is 27.8 Å². The van der Waals surface area contributed by atoms with Crippen molar-refractivity contribution in [2.24, 2.45) is 7.05 Å². The maximum atomic E-state index is 12.4. The third kappa shape index (κ3) is 7.12. The first kappa shape index (κ1) is 25.9. The Morgan fingerprint density at radius 2 is 1.85 bits per heavy atom. The number of nitrogens with zero attached hydrogens (tertiary/aromatic N) is 3. The lowest BCUT2D eigenvalue weighted by Gasteiger charge is -2.15. The third-order valence-corrected chi connectivity index (χ3v) is 6.65. The SMILES string of the molecule is CCc1ccc(O[C@@H](C)C(=O)NCc2nnc(SCC(=O)Nc3ccc(Cl)c(Cl)c3)n2C)cc1. The van der Waals surface area contributed by atoms with Crippen LogP contribution in [0.4, 0.5) is 5.69 Å². The Balaban J connectivity index is 1.47. The monoisotopic (exact) mass is 521 g/mol. The lowest BCUT2D eigenvalue weighted by atomic mass is 10.2. The van der Waals surface area contributed by atoms with E-state index >= 15 is 0 Å². The summed E-state index contributed by atoms with van der Waals surface area (Å²) in [5.74, 6) is 0.828. The lowest BCUT2D eigenvalue weighted by Crippen LogP contribution is -2.36. The Morgan fingerprint density at radius 3 is 2.53 bits per heavy atom. The van der Waals surface area contributed by atoms with Crippen molar-refractivity contribution < 1.29 is 14.3 Å². The van der Waals surface area contributed by atoms with Crippen molar-refractivity contribution in [1.29, 1.82) is 0 Å². The van der Waals surface area contributed by atoms with E-state index < -0.39 is 6.10 Å². The highest BCUT2D eigenvalue weighted by molar-refractivity contribution is 7.99. The van der Waals surface area contributed by atoms with Crippen molar-refractivity contribution in [3.63, 3.8) is 0 Å². The van der Waals surface area contributed by atoms with Crippen LogP contribution >= 0.6 is 35.0 Å². The van der Waals surface area contributed by atoms with Crippen molar-refractivity contribution in [3.05, 3.63) is 63.9 Å². The first-order valence-electron chi connectivity index (χ1n) is 10.6. The number of amides is 2. The number of aryl methyl sites for hydroxylation is 1. The average molecular weight is 522 g/mol. The molecule has 8 nitrogen and oxygen atoms in total. The van der Waals surface area contributed by atoms with Gasteiger partial charge in [-0.05, 0) is 49.2 Å². The predicted octanol–water partition coefficient (Wildman–Crippen LogP) is 4.50. The largest absolute Gasteiger partial charge is 0.481 e. The van der Waals surface area contributed by atoms with Crippen LogP contribution < -0.4 is 15.4 Å². The van der Waals surface area contributed by atoms with Gasteiger partial charge in [0.15, 0.2) is 17.1 Å². The van der Waals surface area contributed by atoms with Gasteiger partial charge >= 0.3 is 0 Å². The van der Waals surface area contributed by atoms with E-state index in [-0.39, 0.29) is 24.1 Å². The number of carbonyl (C=O) groups is 2. The smallest absolute Gasteiger partial charge is 0.261 e. The van der Waals surface area contributed by atoms with Gasteiger partial charge in [0.25, 0.3) is 5.91 Å². The number of aromatic nitrogens is 3. The standard InChI is InChI=1S/C23H25Cl2N5O3S/c1-4-15-5-8-17(9-6-15)33-14(2)22(32)26-12-20-28-29-23(30(20)3)34-13-21(31)27-16-7-10-18(24)19(25)11-16/h5-11,14H,4,12-13H2,1-3H3,(H,26,32)(H,27,31)/t14-/m0/s1. The molecule has 0 unspecified atom stereocenters. The topological polar surface area (TPSA) is 98.1 Å². The number of carbonyl (C=O) groups excluding carboxylic acids is 2. The second-order valence-electron chi connectivity index (χ2n) is 7.40. The first-order valence-corrected chi connectivity index (χ1v) is 12.3. The van der Waals surface area contributed by atoms with Crippen LogP contribution in [0.15, 0.2) is 47.6 Å². The Bertz CT molecular complexity index is 1150. The summed E-state index contributed by atoms with van der Waals surface area (Å²) in [7, 11) is 1.77. The van der Waals surface area contributed by atoms with Gasteiger partial charge in [-0.25, -0.2) is 0 Å². The van der Waals surface area contributed by atoms with Gasteiger partial charge in [-0.15, -0.1) is 10.2 Å². The number of halogens is 2. The summed E-state index contributed by atoms with van der Waals surface area (Å²) in [5.41, 5.74) is 1.76. The molecule has 180 valence electrons. The fraction of sp³-hybridized carbons (Fsp3) is 0.304. The number of thioether (sulfide) groups is 1. The second-order valence-corrected chi connectivity index (χ2v) is 9.16. The molecule has 0 aliphatic heterocycles. The van der Waals surface area contributed by atoms with Gasteiger partial charge in [0.1, 0.15) is 5.75 Å². The van der Waals surface area contributed by atoms with Crippen LogP contribution in [-0.4, -0.2) is 38.4 Å². The van der Waals surface area contributed by atoms with Crippen molar-refractivity contribution in [2.75, 3.05) is 11.1 Å². The summed E-state index contributed by atoms with van der Waals surface area (Å²) in [6.45, 7) is 3.95. The van der Waals surface area contributed by atoms with Gasteiger partial charge < -0.3 is 19.9 Å². The molecular formula is C23H25Cl2N5O3S. The molecule has 0 aliphatic carbocycles. The molecule has 1 aromatic heterocycles. The number of hydrogen-bond donors (Lipinski definition) is 2. The maximum absolute atomic E-state index is 12.4. The van der Waals surface area contributed by atoms with Crippen molar-refractivity contribution >= 4 is 52.5 Å². The molecule has 34 heavy (non-hydrogen) atoms. The molecule has 2 aromatic carbocycles. The normalized spacial score (nSPS) is 11.7. The predicted molar refractivity (Wildman–Crippen MR) is 135 cm³/mol. The number of anilines is 1. The van der Waals surface area contributed by atoms with E-state index in [1.54, 1.807) is 36.7 Å². The molecule has 0 spiro atoms. The van der Waals surface area contributed by atoms with Crippen LogP contribution in [-0.2, 0) is 29.6 Å². The third-order valence-electron chi connectivity index (χ3n) is 4.90. The van der Waals surface area contributed by atoms with E-state index in [4.69, 9.17) is 27.9 Å². The number of hydrogen-bond acceptors (Lipinski definition) is 6. The summed E-state index contributed by atoms with van der Waals surface area (Å²) in [6, 6.07) is 12.5. The minimum atomic E-state index is -0.667. The zero-order valence-corrected chi connectivity index (χ0v) is 21.3. The summed E-state index contributed by atoms with van der Waals surface area (Å²) in [5, 5.41) is 15.1. The Hall–Kier alpha value is -2.75. The molecule has 0 aliphatic rings. The molecule has 3 aromatic rings. The van der Waals surface area contributed by atoms with E-state index in [0.717, 1.165) is 6.42 Å². The molecule has 0 fully saturated rings. The minimum absolute atomic E-state index is 0.125. The van der Waals surface area contributed by atoms with Crippen molar-refractivity contribution in [1.82, 2.24) is 20.1 Å². The molecular weight excluding hydrogens is 497 g/mol. The highest BCUT2D eigenvalue weighted by Crippen LogP contribution is 2.25. The Labute approximate surface area is 212 Å². The van der Waals surface area contributed by atoms with E-state index in [9.17, 15) is 9.59 Å². The fourth-order valence-corrected chi connectivity index (χ4v) is 3.93. The zero-order valence-electron chi connectivity index (χ0n) is 19.0. The van der Waals surface area contributed by atoms with Gasteiger partial charge in [-0.3, -0.25) is 9.59 Å². The zero-order chi connectivity index (χ0) is 24.7. The van der Waals surface area contributed by atoms with E-state index in [1.807, 2.05) is 24.3 Å². The quantitative estimate of drug-likeness (QED) is 0.381. The van der Waals surface area contributed by atoms with Crippen LogP contribution in [0, 0.1) is 0 Å². The van der Waals surface area contributed by atoms with Crippen LogP contribution in [0.3, 0.4) is 0 Å². The summed E-state index contributed by atoms with van der Waals surface area (Å²) >= 11 is 13.1. The number of ether oxygens (including phenoxy) is 1. The Morgan fingerprint density at radius 1 is 1.12 bits per heavy atom. The first-order chi connectivity index (χ1) is 16.3. The summed E-state index contributed by atoms with van der Waals surface area (Å²) < 4.78 is 7.44. The molecule has 2 N–H and O–H groups in total. The maximum Gasteiger partial charge on any atom is 0.261 e. The molecule has 2 amide bonds. The van der Waals surface area contributed by atoms with E-state index in [1.165, 1.54) is 17.3 Å². The fourth-order valence-electron chi connectivity index (χ4n) is 2.90.